The second-order valence-electron chi connectivity index (χ2n) is 4.68. The van der Waals surface area contributed by atoms with Gasteiger partial charge in [0, 0.05) is 5.56 Å². The number of rotatable bonds is 3. The second kappa shape index (κ2) is 6.09. The zero-order valence-electron chi connectivity index (χ0n) is 12.0. The van der Waals surface area contributed by atoms with E-state index >= 15 is 0 Å². The van der Waals surface area contributed by atoms with Gasteiger partial charge in [0.25, 0.3) is 5.56 Å². The summed E-state index contributed by atoms with van der Waals surface area (Å²) in [7, 11) is 0. The van der Waals surface area contributed by atoms with Gasteiger partial charge in [0.05, 0.1) is 6.21 Å². The minimum Gasteiger partial charge on any atom is -0.455 e. The first-order valence-electron chi connectivity index (χ1n) is 6.63. The Balaban J connectivity index is 1.90. The van der Waals surface area contributed by atoms with Crippen LogP contribution in [0.3, 0.4) is 0 Å². The number of H-pyrrole nitrogens is 1. The first kappa shape index (κ1) is 15.0. The predicted molar refractivity (Wildman–Crippen MR) is 85.5 cm³/mol. The molecule has 23 heavy (non-hydrogen) atoms. The van der Waals surface area contributed by atoms with E-state index in [4.69, 9.17) is 16.6 Å². The molecule has 116 valence electrons. The Bertz CT molecular complexity index is 986. The van der Waals surface area contributed by atoms with Crippen LogP contribution >= 0.6 is 12.2 Å². The highest BCUT2D eigenvalue weighted by atomic mass is 32.1. The largest absolute Gasteiger partial charge is 0.455 e. The molecule has 0 radical (unpaired) electrons. The Labute approximate surface area is 134 Å². The molecule has 1 aromatic carbocycles. The highest BCUT2D eigenvalue weighted by Gasteiger charge is 2.05. The van der Waals surface area contributed by atoms with Crippen molar-refractivity contribution >= 4 is 18.4 Å². The number of halogens is 1. The topological polar surface area (TPSA) is 76.2 Å². The molecule has 0 amide bonds. The van der Waals surface area contributed by atoms with Crippen LogP contribution in [-0.2, 0) is 0 Å². The van der Waals surface area contributed by atoms with Crippen molar-refractivity contribution < 1.29 is 8.81 Å². The molecule has 0 aliphatic heterocycles. The molecular weight excluding hydrogens is 319 g/mol. The third-order valence-electron chi connectivity index (χ3n) is 3.07. The summed E-state index contributed by atoms with van der Waals surface area (Å²) in [5.74, 6) is 0.679. The van der Waals surface area contributed by atoms with E-state index in [2.05, 4.69) is 15.3 Å². The normalized spacial score (nSPS) is 11.2. The summed E-state index contributed by atoms with van der Waals surface area (Å²) >= 11 is 4.97. The maximum Gasteiger partial charge on any atom is 0.296 e. The van der Waals surface area contributed by atoms with Crippen molar-refractivity contribution in [2.24, 2.45) is 5.10 Å². The molecule has 0 unspecified atom stereocenters. The van der Waals surface area contributed by atoms with Crippen molar-refractivity contribution in [3.8, 4) is 11.3 Å². The van der Waals surface area contributed by atoms with Gasteiger partial charge in [-0.15, -0.1) is 0 Å². The number of nitrogens with zero attached hydrogens (tertiary/aromatic N) is 3. The molecule has 6 nitrogen and oxygen atoms in total. The summed E-state index contributed by atoms with van der Waals surface area (Å²) in [4.78, 5) is 11.9. The summed E-state index contributed by atoms with van der Waals surface area (Å²) in [5.41, 5.74) is 0.581. The smallest absolute Gasteiger partial charge is 0.296 e. The van der Waals surface area contributed by atoms with Crippen LogP contribution in [0.4, 0.5) is 4.39 Å². The molecule has 2 heterocycles. The summed E-state index contributed by atoms with van der Waals surface area (Å²) < 4.78 is 19.6. The van der Waals surface area contributed by atoms with Crippen LogP contribution in [0.15, 0.2) is 50.7 Å². The Kier molecular flexibility index (Phi) is 3.98. The third kappa shape index (κ3) is 3.16. The fraction of sp³-hybridized carbons (Fsp3) is 0.0667. The molecule has 0 atom stereocenters. The average molecular weight is 330 g/mol. The molecular formula is C15H11FN4O2S. The molecule has 0 saturated heterocycles. The quantitative estimate of drug-likeness (QED) is 0.592. The minimum atomic E-state index is -0.407. The van der Waals surface area contributed by atoms with Gasteiger partial charge in [-0.3, -0.25) is 9.89 Å². The molecule has 2 aromatic heterocycles. The number of furan rings is 1. The second-order valence-corrected chi connectivity index (χ2v) is 5.07. The summed E-state index contributed by atoms with van der Waals surface area (Å²) in [6, 6.07) is 9.35. The van der Waals surface area contributed by atoms with E-state index < -0.39 is 5.56 Å². The van der Waals surface area contributed by atoms with E-state index in [0.717, 1.165) is 10.2 Å². The highest BCUT2D eigenvalue weighted by Crippen LogP contribution is 2.21. The van der Waals surface area contributed by atoms with Crippen molar-refractivity contribution in [2.75, 3.05) is 0 Å². The number of benzene rings is 1. The van der Waals surface area contributed by atoms with E-state index in [0.29, 0.717) is 11.5 Å². The van der Waals surface area contributed by atoms with Crippen molar-refractivity contribution in [1.29, 1.82) is 0 Å². The monoisotopic (exact) mass is 330 g/mol. The molecule has 0 aliphatic rings. The lowest BCUT2D eigenvalue weighted by Gasteiger charge is -1.98. The lowest BCUT2D eigenvalue weighted by atomic mass is 10.2. The number of hydrogen-bond donors (Lipinski definition) is 1. The van der Waals surface area contributed by atoms with Crippen LogP contribution in [0.1, 0.15) is 11.5 Å². The zero-order valence-corrected chi connectivity index (χ0v) is 12.8. The van der Waals surface area contributed by atoms with E-state index in [9.17, 15) is 9.18 Å². The Morgan fingerprint density at radius 1 is 1.30 bits per heavy atom. The lowest BCUT2D eigenvalue weighted by Crippen LogP contribution is -2.22. The lowest BCUT2D eigenvalue weighted by molar-refractivity contribution is 0.573. The van der Waals surface area contributed by atoms with Gasteiger partial charge in [-0.2, -0.15) is 14.9 Å². The molecule has 0 fully saturated rings. The van der Waals surface area contributed by atoms with Gasteiger partial charge in [0.15, 0.2) is 0 Å². The predicted octanol–water partition coefficient (Wildman–Crippen LogP) is 2.89. The molecule has 1 N–H and O–H groups in total. The molecule has 8 heteroatoms. The fourth-order valence-corrected chi connectivity index (χ4v) is 2.06. The average Bonchev–Trinajstić information content (AvgIpc) is 3.01. The Morgan fingerprint density at radius 3 is 2.78 bits per heavy atom. The summed E-state index contributed by atoms with van der Waals surface area (Å²) in [5, 5.41) is 10.3. The van der Waals surface area contributed by atoms with Crippen molar-refractivity contribution in [3.05, 3.63) is 68.8 Å². The van der Waals surface area contributed by atoms with E-state index in [1.165, 1.54) is 18.3 Å². The van der Waals surface area contributed by atoms with Crippen LogP contribution in [0.2, 0.25) is 0 Å². The number of aryl methyl sites for hydroxylation is 1. The van der Waals surface area contributed by atoms with E-state index in [1.54, 1.807) is 31.2 Å². The van der Waals surface area contributed by atoms with Gasteiger partial charge in [0.2, 0.25) is 4.77 Å². The maximum atomic E-state index is 12.9. The molecule has 3 aromatic rings. The van der Waals surface area contributed by atoms with Crippen LogP contribution in [0.25, 0.3) is 11.3 Å². The number of nitrogens with one attached hydrogen (secondary N) is 1. The van der Waals surface area contributed by atoms with Crippen molar-refractivity contribution in [2.45, 2.75) is 6.92 Å². The van der Waals surface area contributed by atoms with Crippen LogP contribution in [0.5, 0.6) is 0 Å². The molecule has 0 aliphatic carbocycles. The molecule has 0 spiro atoms. The summed E-state index contributed by atoms with van der Waals surface area (Å²) in [6.45, 7) is 1.55. The molecule has 0 bridgehead atoms. The van der Waals surface area contributed by atoms with Crippen LogP contribution in [-0.4, -0.2) is 21.1 Å². The van der Waals surface area contributed by atoms with E-state index in [1.807, 2.05) is 0 Å². The van der Waals surface area contributed by atoms with Gasteiger partial charge in [0.1, 0.15) is 23.0 Å². The molecule has 0 saturated carbocycles. The van der Waals surface area contributed by atoms with Crippen LogP contribution in [0, 0.1) is 17.5 Å². The number of aromatic amines is 1. The standard InChI is InChI=1S/C15H11FN4O2S/c1-9-14(21)20(15(23)19-18-9)17-8-12-6-7-13(22-12)10-2-4-11(16)5-3-10/h2-8H,1H3,(H,19,23)/b17-8+. The van der Waals surface area contributed by atoms with E-state index in [-0.39, 0.29) is 16.3 Å². The van der Waals surface area contributed by atoms with Gasteiger partial charge in [-0.25, -0.2) is 4.39 Å². The van der Waals surface area contributed by atoms with Crippen molar-refractivity contribution in [1.82, 2.24) is 14.9 Å². The first-order valence-corrected chi connectivity index (χ1v) is 7.04. The van der Waals surface area contributed by atoms with Crippen molar-refractivity contribution in [3.63, 3.8) is 0 Å². The highest BCUT2D eigenvalue weighted by molar-refractivity contribution is 7.71. The molecule has 3 rings (SSSR count). The SMILES string of the molecule is Cc1n[nH]c(=S)n(/N=C/c2ccc(-c3ccc(F)cc3)o2)c1=O. The van der Waals surface area contributed by atoms with Crippen LogP contribution < -0.4 is 5.56 Å². The first-order chi connectivity index (χ1) is 11.0. The van der Waals surface area contributed by atoms with Gasteiger partial charge in [-0.1, -0.05) is 0 Å². The third-order valence-corrected chi connectivity index (χ3v) is 3.33. The fourth-order valence-electron chi connectivity index (χ4n) is 1.88. The summed E-state index contributed by atoms with van der Waals surface area (Å²) in [6.07, 6.45) is 1.37. The van der Waals surface area contributed by atoms with Gasteiger partial charge >= 0.3 is 0 Å². The van der Waals surface area contributed by atoms with Gasteiger partial charge in [-0.05, 0) is 55.5 Å². The number of hydrogen-bond acceptors (Lipinski definition) is 5. The Hall–Kier alpha value is -2.87. The minimum absolute atomic E-state index is 0.0853. The zero-order chi connectivity index (χ0) is 16.4. The van der Waals surface area contributed by atoms with Gasteiger partial charge < -0.3 is 4.42 Å². The Morgan fingerprint density at radius 2 is 2.04 bits per heavy atom. The maximum absolute atomic E-state index is 12.9. The number of aromatic nitrogens is 3.